The van der Waals surface area contributed by atoms with Crippen molar-refractivity contribution in [1.29, 1.82) is 0 Å². The third-order valence-corrected chi connectivity index (χ3v) is 5.58. The van der Waals surface area contributed by atoms with E-state index < -0.39 is 0 Å². The highest BCUT2D eigenvalue weighted by Crippen LogP contribution is 2.21. The molecule has 0 aliphatic carbocycles. The number of carbonyl (C=O) groups is 1. The molecule has 0 N–H and O–H groups in total. The van der Waals surface area contributed by atoms with Crippen molar-refractivity contribution in [1.82, 2.24) is 24.6 Å². The summed E-state index contributed by atoms with van der Waals surface area (Å²) >= 11 is 6.28. The van der Waals surface area contributed by atoms with Crippen LogP contribution in [0.1, 0.15) is 28.9 Å². The summed E-state index contributed by atoms with van der Waals surface area (Å²) in [5.41, 5.74) is 2.01. The fourth-order valence-electron chi connectivity index (χ4n) is 3.78. The van der Waals surface area contributed by atoms with Gasteiger partial charge in [0.25, 0.3) is 5.91 Å². The second-order valence-corrected chi connectivity index (χ2v) is 7.82. The third kappa shape index (κ3) is 4.18. The molecule has 6 nitrogen and oxygen atoms in total. The molecule has 1 aromatic heterocycles. The molecule has 0 bridgehead atoms. The van der Waals surface area contributed by atoms with E-state index in [1.54, 1.807) is 10.7 Å². The summed E-state index contributed by atoms with van der Waals surface area (Å²) in [7, 11) is 0. The lowest BCUT2D eigenvalue weighted by atomic mass is 10.1. The van der Waals surface area contributed by atoms with Gasteiger partial charge in [-0.1, -0.05) is 54.1 Å². The Morgan fingerprint density at radius 2 is 1.83 bits per heavy atom. The molecule has 3 aromatic rings. The minimum atomic E-state index is -0.134. The number of aromatic nitrogens is 3. The Bertz CT molecular complexity index is 1000. The zero-order valence-corrected chi connectivity index (χ0v) is 17.4. The summed E-state index contributed by atoms with van der Waals surface area (Å²) in [5.74, 6) is 0.716. The van der Waals surface area contributed by atoms with Crippen LogP contribution < -0.4 is 0 Å². The van der Waals surface area contributed by atoms with Crippen LogP contribution in [0.2, 0.25) is 5.02 Å². The van der Waals surface area contributed by atoms with Gasteiger partial charge in [0.05, 0.1) is 10.7 Å². The maximum Gasteiger partial charge on any atom is 0.293 e. The number of nitrogens with zero attached hydrogens (tertiary/aromatic N) is 5. The number of halogens is 1. The Hall–Kier alpha value is -2.70. The molecule has 150 valence electrons. The molecule has 0 saturated carbocycles. The lowest BCUT2D eigenvalue weighted by Gasteiger charge is -2.39. The minimum absolute atomic E-state index is 0.0903. The molecule has 2 aromatic carbocycles. The van der Waals surface area contributed by atoms with Crippen LogP contribution in [-0.4, -0.2) is 56.1 Å². The van der Waals surface area contributed by atoms with Gasteiger partial charge in [-0.25, -0.2) is 9.67 Å². The van der Waals surface area contributed by atoms with E-state index in [1.165, 1.54) is 5.56 Å². The zero-order valence-electron chi connectivity index (χ0n) is 16.6. The summed E-state index contributed by atoms with van der Waals surface area (Å²) in [4.78, 5) is 21.8. The number of hydrogen-bond acceptors (Lipinski definition) is 4. The van der Waals surface area contributed by atoms with Gasteiger partial charge in [-0.3, -0.25) is 9.69 Å². The number of hydrogen-bond donors (Lipinski definition) is 0. The highest BCUT2D eigenvalue weighted by molar-refractivity contribution is 6.32. The van der Waals surface area contributed by atoms with Crippen molar-refractivity contribution in [2.24, 2.45) is 0 Å². The monoisotopic (exact) mass is 409 g/mol. The number of benzene rings is 2. The Kier molecular flexibility index (Phi) is 5.65. The summed E-state index contributed by atoms with van der Waals surface area (Å²) in [5, 5.41) is 5.03. The first-order valence-corrected chi connectivity index (χ1v) is 10.2. The van der Waals surface area contributed by atoms with E-state index in [9.17, 15) is 4.79 Å². The van der Waals surface area contributed by atoms with Crippen LogP contribution in [-0.2, 0) is 6.54 Å². The molecular weight excluding hydrogens is 386 g/mol. The van der Waals surface area contributed by atoms with E-state index in [2.05, 4.69) is 46.2 Å². The number of carbonyl (C=O) groups excluding carboxylic acids is 1. The lowest BCUT2D eigenvalue weighted by Crippen LogP contribution is -2.53. The van der Waals surface area contributed by atoms with Gasteiger partial charge in [0.15, 0.2) is 0 Å². The smallest absolute Gasteiger partial charge is 0.293 e. The molecule has 7 heteroatoms. The minimum Gasteiger partial charge on any atom is -0.331 e. The first kappa shape index (κ1) is 19.6. The van der Waals surface area contributed by atoms with Gasteiger partial charge in [-0.15, -0.1) is 5.10 Å². The standard InChI is InChI=1S/C22H24ClN5O/c1-16-14-26(15-18-8-4-3-5-9-18)12-13-27(16)22(29)21-24-17(2)28(25-21)20-11-7-6-10-19(20)23/h3-11,16H,12-15H2,1-2H3. The van der Waals surface area contributed by atoms with Crippen LogP contribution in [0.3, 0.4) is 0 Å². The van der Waals surface area contributed by atoms with Crippen LogP contribution in [0.25, 0.3) is 5.69 Å². The van der Waals surface area contributed by atoms with Crippen molar-refractivity contribution in [2.75, 3.05) is 19.6 Å². The molecule has 1 aliphatic rings. The van der Waals surface area contributed by atoms with Gasteiger partial charge >= 0.3 is 0 Å². The van der Waals surface area contributed by atoms with Gasteiger partial charge in [0, 0.05) is 32.2 Å². The van der Waals surface area contributed by atoms with E-state index in [0.29, 0.717) is 17.4 Å². The van der Waals surface area contributed by atoms with Crippen LogP contribution in [0.4, 0.5) is 0 Å². The van der Waals surface area contributed by atoms with Gasteiger partial charge in [0.2, 0.25) is 5.82 Å². The first-order valence-electron chi connectivity index (χ1n) is 9.79. The molecular formula is C22H24ClN5O. The molecule has 1 atom stereocenters. The lowest BCUT2D eigenvalue weighted by molar-refractivity contribution is 0.0464. The van der Waals surface area contributed by atoms with Crippen molar-refractivity contribution in [2.45, 2.75) is 26.4 Å². The number of amides is 1. The highest BCUT2D eigenvalue weighted by Gasteiger charge is 2.30. The van der Waals surface area contributed by atoms with E-state index in [0.717, 1.165) is 25.3 Å². The predicted molar refractivity (Wildman–Crippen MR) is 113 cm³/mol. The van der Waals surface area contributed by atoms with E-state index >= 15 is 0 Å². The fraction of sp³-hybridized carbons (Fsp3) is 0.318. The second-order valence-electron chi connectivity index (χ2n) is 7.41. The van der Waals surface area contributed by atoms with Gasteiger partial charge in [0.1, 0.15) is 5.82 Å². The molecule has 1 fully saturated rings. The van der Waals surface area contributed by atoms with Crippen molar-refractivity contribution < 1.29 is 4.79 Å². The zero-order chi connectivity index (χ0) is 20.4. The molecule has 2 heterocycles. The molecule has 4 rings (SSSR count). The molecule has 1 saturated heterocycles. The van der Waals surface area contributed by atoms with Gasteiger partial charge in [-0.05, 0) is 31.5 Å². The van der Waals surface area contributed by atoms with E-state index in [1.807, 2.05) is 36.1 Å². The van der Waals surface area contributed by atoms with Crippen molar-refractivity contribution in [3.05, 3.63) is 76.8 Å². The molecule has 0 spiro atoms. The summed E-state index contributed by atoms with van der Waals surface area (Å²) in [6, 6.07) is 17.9. The van der Waals surface area contributed by atoms with Crippen LogP contribution >= 0.6 is 11.6 Å². The number of rotatable bonds is 4. The average molecular weight is 410 g/mol. The SMILES string of the molecule is Cc1nc(C(=O)N2CCN(Cc3ccccc3)CC2C)nn1-c1ccccc1Cl. The topological polar surface area (TPSA) is 54.3 Å². The van der Waals surface area contributed by atoms with Gasteiger partial charge in [-0.2, -0.15) is 0 Å². The van der Waals surface area contributed by atoms with Crippen molar-refractivity contribution in [3.63, 3.8) is 0 Å². The Balaban J connectivity index is 1.47. The molecule has 1 amide bonds. The Labute approximate surface area is 175 Å². The third-order valence-electron chi connectivity index (χ3n) is 5.26. The average Bonchev–Trinajstić information content (AvgIpc) is 3.10. The first-order chi connectivity index (χ1) is 14.0. The maximum absolute atomic E-state index is 13.1. The van der Waals surface area contributed by atoms with E-state index in [4.69, 9.17) is 11.6 Å². The van der Waals surface area contributed by atoms with Gasteiger partial charge < -0.3 is 4.90 Å². The number of piperazine rings is 1. The molecule has 29 heavy (non-hydrogen) atoms. The fourth-order valence-corrected chi connectivity index (χ4v) is 4.00. The predicted octanol–water partition coefficient (Wildman–Crippen LogP) is 3.58. The Morgan fingerprint density at radius 3 is 2.55 bits per heavy atom. The second kappa shape index (κ2) is 8.35. The van der Waals surface area contributed by atoms with E-state index in [-0.39, 0.29) is 17.8 Å². The molecule has 1 unspecified atom stereocenters. The molecule has 1 aliphatic heterocycles. The largest absolute Gasteiger partial charge is 0.331 e. The normalized spacial score (nSPS) is 17.5. The van der Waals surface area contributed by atoms with Crippen LogP contribution in [0, 0.1) is 6.92 Å². The van der Waals surface area contributed by atoms with Crippen LogP contribution in [0.15, 0.2) is 54.6 Å². The summed E-state index contributed by atoms with van der Waals surface area (Å²) in [6.45, 7) is 7.11. The highest BCUT2D eigenvalue weighted by atomic mass is 35.5. The molecule has 0 radical (unpaired) electrons. The maximum atomic E-state index is 13.1. The summed E-state index contributed by atoms with van der Waals surface area (Å²) in [6.07, 6.45) is 0. The number of para-hydroxylation sites is 1. The van der Waals surface area contributed by atoms with Crippen molar-refractivity contribution in [3.8, 4) is 5.69 Å². The number of aryl methyl sites for hydroxylation is 1. The summed E-state index contributed by atoms with van der Waals surface area (Å²) < 4.78 is 1.63. The van der Waals surface area contributed by atoms with Crippen molar-refractivity contribution >= 4 is 17.5 Å². The Morgan fingerprint density at radius 1 is 1.10 bits per heavy atom. The van der Waals surface area contributed by atoms with Crippen LogP contribution in [0.5, 0.6) is 0 Å². The quantitative estimate of drug-likeness (QED) is 0.661.